The Morgan fingerprint density at radius 1 is 1.00 bits per heavy atom. The molecule has 1 atom stereocenters. The van der Waals surface area contributed by atoms with Gasteiger partial charge in [0.1, 0.15) is 11.8 Å². The van der Waals surface area contributed by atoms with Crippen molar-refractivity contribution in [3.63, 3.8) is 0 Å². The van der Waals surface area contributed by atoms with Crippen molar-refractivity contribution >= 4 is 58.2 Å². The number of carbonyl (C=O) groups excluding carboxylic acids is 2. The highest BCUT2D eigenvalue weighted by Gasteiger charge is 2.31. The summed E-state index contributed by atoms with van der Waals surface area (Å²) >= 11 is 24.2. The highest BCUT2D eigenvalue weighted by Crippen LogP contribution is 2.28. The van der Waals surface area contributed by atoms with Crippen LogP contribution in [-0.2, 0) is 16.1 Å². The zero-order valence-electron chi connectivity index (χ0n) is 18.3. The first-order valence-electron chi connectivity index (χ1n) is 10.0. The molecular formula is C23H26Cl4N2O3. The standard InChI is InChI=1S/C23H26Cl4N2O3/c1-5-19(22(31)28-23(2,3)4)29(12-14-6-8-16(25)17(26)10-14)21(30)13-32-20-9-7-15(24)11-18(20)27/h6-11,19H,5,12-13H2,1-4H3,(H,28,31)/t19-/m0/s1. The van der Waals surface area contributed by atoms with Gasteiger partial charge in [-0.3, -0.25) is 9.59 Å². The number of hydrogen-bond donors (Lipinski definition) is 1. The maximum Gasteiger partial charge on any atom is 0.261 e. The van der Waals surface area contributed by atoms with E-state index in [2.05, 4.69) is 5.32 Å². The monoisotopic (exact) mass is 518 g/mol. The number of nitrogens with one attached hydrogen (secondary N) is 1. The van der Waals surface area contributed by atoms with Crippen molar-refractivity contribution in [2.75, 3.05) is 6.61 Å². The van der Waals surface area contributed by atoms with Crippen LogP contribution in [0.25, 0.3) is 0 Å². The topological polar surface area (TPSA) is 58.6 Å². The van der Waals surface area contributed by atoms with Crippen LogP contribution in [0.3, 0.4) is 0 Å². The zero-order valence-corrected chi connectivity index (χ0v) is 21.4. The minimum atomic E-state index is -0.708. The molecule has 0 heterocycles. The van der Waals surface area contributed by atoms with E-state index in [0.717, 1.165) is 5.56 Å². The van der Waals surface area contributed by atoms with Gasteiger partial charge in [-0.1, -0.05) is 59.4 Å². The van der Waals surface area contributed by atoms with Gasteiger partial charge in [0.15, 0.2) is 6.61 Å². The lowest BCUT2D eigenvalue weighted by Gasteiger charge is -2.33. The summed E-state index contributed by atoms with van der Waals surface area (Å²) in [5.74, 6) is -0.304. The zero-order chi connectivity index (χ0) is 24.1. The van der Waals surface area contributed by atoms with E-state index in [-0.39, 0.29) is 25.0 Å². The molecule has 2 rings (SSSR count). The minimum Gasteiger partial charge on any atom is -0.482 e. The van der Waals surface area contributed by atoms with Crippen LogP contribution in [0.4, 0.5) is 0 Å². The van der Waals surface area contributed by atoms with E-state index in [1.165, 1.54) is 11.0 Å². The summed E-state index contributed by atoms with van der Waals surface area (Å²) in [6.07, 6.45) is 0.413. The molecule has 2 aromatic carbocycles. The second-order valence-electron chi connectivity index (χ2n) is 8.30. The Bertz CT molecular complexity index is 976. The van der Waals surface area contributed by atoms with Gasteiger partial charge in [-0.05, 0) is 63.1 Å². The molecule has 0 unspecified atom stereocenters. The highest BCUT2D eigenvalue weighted by atomic mass is 35.5. The maximum absolute atomic E-state index is 13.2. The van der Waals surface area contributed by atoms with Crippen LogP contribution in [0.2, 0.25) is 20.1 Å². The van der Waals surface area contributed by atoms with E-state index in [1.807, 2.05) is 27.7 Å². The third kappa shape index (κ3) is 7.73. The number of nitrogens with zero attached hydrogens (tertiary/aromatic N) is 1. The van der Waals surface area contributed by atoms with E-state index < -0.39 is 11.6 Å². The van der Waals surface area contributed by atoms with Crippen molar-refractivity contribution in [1.82, 2.24) is 10.2 Å². The SMILES string of the molecule is CC[C@@H](C(=O)NC(C)(C)C)N(Cc1ccc(Cl)c(Cl)c1)C(=O)COc1ccc(Cl)cc1Cl. The van der Waals surface area contributed by atoms with Gasteiger partial charge in [0.25, 0.3) is 5.91 Å². The Morgan fingerprint density at radius 2 is 1.69 bits per heavy atom. The number of benzene rings is 2. The molecule has 0 spiro atoms. The summed E-state index contributed by atoms with van der Waals surface area (Å²) in [6, 6.07) is 9.12. The van der Waals surface area contributed by atoms with Crippen molar-refractivity contribution < 1.29 is 14.3 Å². The molecule has 0 saturated carbocycles. The van der Waals surface area contributed by atoms with Crippen LogP contribution >= 0.6 is 46.4 Å². The third-order valence-corrected chi connectivity index (χ3v) is 5.74. The molecule has 0 aliphatic carbocycles. The lowest BCUT2D eigenvalue weighted by Crippen LogP contribution is -2.54. The number of ether oxygens (including phenoxy) is 1. The molecule has 1 N–H and O–H groups in total. The smallest absolute Gasteiger partial charge is 0.261 e. The Labute approximate surface area is 208 Å². The summed E-state index contributed by atoms with van der Waals surface area (Å²) in [5.41, 5.74) is 0.287. The lowest BCUT2D eigenvalue weighted by atomic mass is 10.1. The summed E-state index contributed by atoms with van der Waals surface area (Å²) in [4.78, 5) is 27.7. The second-order valence-corrected chi connectivity index (χ2v) is 9.95. The number of carbonyl (C=O) groups is 2. The van der Waals surface area contributed by atoms with Crippen molar-refractivity contribution in [3.05, 3.63) is 62.1 Å². The largest absolute Gasteiger partial charge is 0.482 e. The normalized spacial score (nSPS) is 12.2. The van der Waals surface area contributed by atoms with Gasteiger partial charge in [0, 0.05) is 17.1 Å². The highest BCUT2D eigenvalue weighted by molar-refractivity contribution is 6.42. The molecule has 0 aliphatic heterocycles. The number of amides is 2. The van der Waals surface area contributed by atoms with Crippen LogP contribution in [-0.4, -0.2) is 34.9 Å². The predicted octanol–water partition coefficient (Wildman–Crippen LogP) is 6.40. The maximum atomic E-state index is 13.2. The van der Waals surface area contributed by atoms with E-state index in [0.29, 0.717) is 32.3 Å². The molecule has 174 valence electrons. The van der Waals surface area contributed by atoms with Crippen molar-refractivity contribution in [1.29, 1.82) is 0 Å². The Morgan fingerprint density at radius 3 is 2.25 bits per heavy atom. The quantitative estimate of drug-likeness (QED) is 0.438. The summed E-state index contributed by atoms with van der Waals surface area (Å²) in [5, 5.41) is 4.47. The average Bonchev–Trinajstić information content (AvgIpc) is 2.68. The van der Waals surface area contributed by atoms with E-state index in [1.54, 1.807) is 30.3 Å². The van der Waals surface area contributed by atoms with Crippen LogP contribution < -0.4 is 10.1 Å². The molecule has 0 aliphatic rings. The second kappa shape index (κ2) is 11.5. The fourth-order valence-electron chi connectivity index (χ4n) is 3.02. The minimum absolute atomic E-state index is 0.156. The molecule has 0 radical (unpaired) electrons. The molecule has 2 amide bonds. The van der Waals surface area contributed by atoms with E-state index >= 15 is 0 Å². The molecule has 5 nitrogen and oxygen atoms in total. The fourth-order valence-corrected chi connectivity index (χ4v) is 3.81. The third-order valence-electron chi connectivity index (χ3n) is 4.47. The van der Waals surface area contributed by atoms with Crippen molar-refractivity contribution in [2.24, 2.45) is 0 Å². The Kier molecular flexibility index (Phi) is 9.53. The average molecular weight is 520 g/mol. The molecule has 9 heteroatoms. The number of halogens is 4. The molecule has 0 bridgehead atoms. The van der Waals surface area contributed by atoms with Crippen LogP contribution in [0.5, 0.6) is 5.75 Å². The Balaban J connectivity index is 2.29. The van der Waals surface area contributed by atoms with Crippen molar-refractivity contribution in [3.8, 4) is 5.75 Å². The first-order valence-corrected chi connectivity index (χ1v) is 11.6. The van der Waals surface area contributed by atoms with Gasteiger partial charge in [0.2, 0.25) is 5.91 Å². The Hall–Kier alpha value is -1.66. The van der Waals surface area contributed by atoms with E-state index in [9.17, 15) is 9.59 Å². The summed E-state index contributed by atoms with van der Waals surface area (Å²) in [7, 11) is 0. The predicted molar refractivity (Wildman–Crippen MR) is 131 cm³/mol. The van der Waals surface area contributed by atoms with Gasteiger partial charge in [0.05, 0.1) is 15.1 Å². The lowest BCUT2D eigenvalue weighted by molar-refractivity contribution is -0.143. The number of hydrogen-bond acceptors (Lipinski definition) is 3. The summed E-state index contributed by atoms with van der Waals surface area (Å²) < 4.78 is 5.63. The van der Waals surface area contributed by atoms with Crippen LogP contribution in [0, 0.1) is 0 Å². The first kappa shape index (κ1) is 26.6. The van der Waals surface area contributed by atoms with Crippen molar-refractivity contribution in [2.45, 2.75) is 52.2 Å². The molecular weight excluding hydrogens is 494 g/mol. The van der Waals surface area contributed by atoms with Gasteiger partial charge < -0.3 is 15.0 Å². The molecule has 0 fully saturated rings. The first-order chi connectivity index (χ1) is 14.9. The fraction of sp³-hybridized carbons (Fsp3) is 0.391. The molecule has 2 aromatic rings. The van der Waals surface area contributed by atoms with Gasteiger partial charge >= 0.3 is 0 Å². The van der Waals surface area contributed by atoms with Gasteiger partial charge in [-0.2, -0.15) is 0 Å². The molecule has 32 heavy (non-hydrogen) atoms. The van der Waals surface area contributed by atoms with Crippen LogP contribution in [0.1, 0.15) is 39.7 Å². The number of rotatable bonds is 8. The van der Waals surface area contributed by atoms with E-state index in [4.69, 9.17) is 51.1 Å². The molecule has 0 saturated heterocycles. The van der Waals surface area contributed by atoms with Gasteiger partial charge in [-0.25, -0.2) is 0 Å². The molecule has 0 aromatic heterocycles. The van der Waals surface area contributed by atoms with Gasteiger partial charge in [-0.15, -0.1) is 0 Å². The van der Waals surface area contributed by atoms with Crippen LogP contribution in [0.15, 0.2) is 36.4 Å². The summed E-state index contributed by atoms with van der Waals surface area (Å²) in [6.45, 7) is 7.35.